The van der Waals surface area contributed by atoms with Gasteiger partial charge in [0, 0.05) is 11.3 Å². The van der Waals surface area contributed by atoms with Crippen LogP contribution in [0.1, 0.15) is 141 Å². The van der Waals surface area contributed by atoms with Crippen LogP contribution >= 0.6 is 0 Å². The van der Waals surface area contributed by atoms with E-state index in [-0.39, 0.29) is 11.5 Å². The molecule has 0 radical (unpaired) electrons. The van der Waals surface area contributed by atoms with Gasteiger partial charge in [0.15, 0.2) is 0 Å². The van der Waals surface area contributed by atoms with Crippen molar-refractivity contribution in [2.45, 2.75) is 141 Å². The van der Waals surface area contributed by atoms with Gasteiger partial charge >= 0.3 is 0 Å². The SMILES string of the molecule is NCCCCCCCCCCCCCCCCCCCCCCCC[N+](=O)[O-]. The number of hydrogen-bond acceptors (Lipinski definition) is 3. The third-order valence-corrected chi connectivity index (χ3v) is 5.79. The van der Waals surface area contributed by atoms with E-state index in [0.717, 1.165) is 19.4 Å². The summed E-state index contributed by atoms with van der Waals surface area (Å²) in [6.45, 7) is 1.01. The Morgan fingerprint density at radius 2 is 0.643 bits per heavy atom. The minimum Gasteiger partial charge on any atom is -0.330 e. The van der Waals surface area contributed by atoms with Gasteiger partial charge in [-0.3, -0.25) is 10.1 Å². The molecule has 0 spiro atoms. The van der Waals surface area contributed by atoms with E-state index >= 15 is 0 Å². The number of nitrogens with two attached hydrogens (primary N) is 1. The topological polar surface area (TPSA) is 69.2 Å². The molecule has 0 bridgehead atoms. The molecule has 4 heteroatoms. The van der Waals surface area contributed by atoms with E-state index < -0.39 is 0 Å². The van der Waals surface area contributed by atoms with Crippen molar-refractivity contribution in [2.24, 2.45) is 5.73 Å². The maximum atomic E-state index is 10.2. The first kappa shape index (κ1) is 27.4. The van der Waals surface area contributed by atoms with Crippen LogP contribution in [0.5, 0.6) is 0 Å². The fourth-order valence-electron chi connectivity index (χ4n) is 3.92. The van der Waals surface area contributed by atoms with Gasteiger partial charge in [-0.15, -0.1) is 0 Å². The van der Waals surface area contributed by atoms with E-state index in [1.165, 1.54) is 128 Å². The average molecular weight is 399 g/mol. The standard InChI is InChI=1S/C24H50N2O2/c25-23-21-19-17-15-13-11-9-7-5-3-1-2-4-6-8-10-12-14-16-18-20-22-24-26(27)28/h1-25H2. The van der Waals surface area contributed by atoms with Crippen molar-refractivity contribution in [1.82, 2.24) is 0 Å². The highest BCUT2D eigenvalue weighted by Gasteiger charge is 1.98. The first-order valence-electron chi connectivity index (χ1n) is 12.6. The Balaban J connectivity index is 2.99. The minimum atomic E-state index is -0.200. The van der Waals surface area contributed by atoms with Gasteiger partial charge in [0.05, 0.1) is 0 Å². The summed E-state index contributed by atoms with van der Waals surface area (Å²) >= 11 is 0. The van der Waals surface area contributed by atoms with E-state index in [9.17, 15) is 10.1 Å². The third-order valence-electron chi connectivity index (χ3n) is 5.79. The highest BCUT2D eigenvalue weighted by atomic mass is 16.6. The van der Waals surface area contributed by atoms with E-state index in [1.807, 2.05) is 0 Å². The fourth-order valence-corrected chi connectivity index (χ4v) is 3.92. The van der Waals surface area contributed by atoms with Crippen LogP contribution in [0.15, 0.2) is 0 Å². The molecule has 0 amide bonds. The summed E-state index contributed by atoms with van der Waals surface area (Å²) in [5, 5.41) is 10.2. The first-order valence-corrected chi connectivity index (χ1v) is 12.6. The number of nitro groups is 1. The lowest BCUT2D eigenvalue weighted by Crippen LogP contribution is -1.99. The highest BCUT2D eigenvalue weighted by Crippen LogP contribution is 2.15. The Kier molecular flexibility index (Phi) is 23.8. The number of unbranched alkanes of at least 4 members (excludes halogenated alkanes) is 21. The summed E-state index contributed by atoms with van der Waals surface area (Å²) in [6.07, 6.45) is 29.2. The molecule has 168 valence electrons. The molecule has 0 aromatic rings. The van der Waals surface area contributed by atoms with Crippen LogP contribution in [0.2, 0.25) is 0 Å². The summed E-state index contributed by atoms with van der Waals surface area (Å²) in [5.74, 6) is 0. The molecule has 0 unspecified atom stereocenters. The Hall–Kier alpha value is -0.640. The van der Waals surface area contributed by atoms with Gasteiger partial charge in [0.2, 0.25) is 6.54 Å². The molecular formula is C24H50N2O2. The molecule has 0 atom stereocenters. The molecule has 0 rings (SSSR count). The van der Waals surface area contributed by atoms with Gasteiger partial charge in [-0.2, -0.15) is 0 Å². The van der Waals surface area contributed by atoms with Crippen molar-refractivity contribution in [3.63, 3.8) is 0 Å². The van der Waals surface area contributed by atoms with Crippen molar-refractivity contribution in [2.75, 3.05) is 13.1 Å². The van der Waals surface area contributed by atoms with Crippen molar-refractivity contribution in [1.29, 1.82) is 0 Å². The van der Waals surface area contributed by atoms with Gasteiger partial charge in [0.25, 0.3) is 0 Å². The molecule has 2 N–H and O–H groups in total. The molecule has 0 heterocycles. The molecule has 4 nitrogen and oxygen atoms in total. The van der Waals surface area contributed by atoms with Crippen LogP contribution in [0.3, 0.4) is 0 Å². The summed E-state index contributed by atoms with van der Waals surface area (Å²) in [7, 11) is 0. The molecule has 0 aromatic heterocycles. The maximum absolute atomic E-state index is 10.2. The Labute approximate surface area is 175 Å². The van der Waals surface area contributed by atoms with Crippen LogP contribution < -0.4 is 5.73 Å². The molecule has 28 heavy (non-hydrogen) atoms. The van der Waals surface area contributed by atoms with Crippen molar-refractivity contribution >= 4 is 0 Å². The lowest BCUT2D eigenvalue weighted by molar-refractivity contribution is -0.480. The molecular weight excluding hydrogens is 348 g/mol. The third kappa shape index (κ3) is 25.4. The summed E-state index contributed by atoms with van der Waals surface area (Å²) in [5.41, 5.74) is 5.51. The first-order chi connectivity index (χ1) is 13.8. The van der Waals surface area contributed by atoms with E-state index in [4.69, 9.17) is 5.73 Å². The molecule has 0 saturated heterocycles. The fraction of sp³-hybridized carbons (Fsp3) is 1.00. The van der Waals surface area contributed by atoms with Crippen LogP contribution in [0, 0.1) is 10.1 Å². The summed E-state index contributed by atoms with van der Waals surface area (Å²) in [6, 6.07) is 0. The van der Waals surface area contributed by atoms with Gasteiger partial charge < -0.3 is 5.73 Å². The van der Waals surface area contributed by atoms with Gasteiger partial charge in [-0.1, -0.05) is 122 Å². The van der Waals surface area contributed by atoms with Crippen molar-refractivity contribution < 1.29 is 4.92 Å². The largest absolute Gasteiger partial charge is 0.330 e. The Morgan fingerprint density at radius 3 is 0.857 bits per heavy atom. The summed E-state index contributed by atoms with van der Waals surface area (Å²) < 4.78 is 0. The number of rotatable bonds is 24. The van der Waals surface area contributed by atoms with Crippen molar-refractivity contribution in [3.05, 3.63) is 10.1 Å². The minimum absolute atomic E-state index is 0.149. The van der Waals surface area contributed by atoms with E-state index in [1.54, 1.807) is 0 Å². The van der Waals surface area contributed by atoms with Crippen LogP contribution in [-0.4, -0.2) is 18.0 Å². The Bertz CT molecular complexity index is 311. The second kappa shape index (κ2) is 24.4. The van der Waals surface area contributed by atoms with Crippen molar-refractivity contribution in [3.8, 4) is 0 Å². The predicted octanol–water partition coefficient (Wildman–Crippen LogP) is 7.80. The second-order valence-electron chi connectivity index (χ2n) is 8.62. The smallest absolute Gasteiger partial charge is 0.203 e. The summed E-state index contributed by atoms with van der Waals surface area (Å²) in [4.78, 5) is 10.0. The molecule has 0 saturated carbocycles. The van der Waals surface area contributed by atoms with Crippen LogP contribution in [0.4, 0.5) is 0 Å². The highest BCUT2D eigenvalue weighted by molar-refractivity contribution is 4.51. The molecule has 0 aromatic carbocycles. The van der Waals surface area contributed by atoms with Crippen LogP contribution in [0.25, 0.3) is 0 Å². The normalized spacial score (nSPS) is 11.2. The average Bonchev–Trinajstić information content (AvgIpc) is 2.68. The van der Waals surface area contributed by atoms with E-state index in [0.29, 0.717) is 0 Å². The predicted molar refractivity (Wildman–Crippen MR) is 122 cm³/mol. The van der Waals surface area contributed by atoms with Gasteiger partial charge in [-0.25, -0.2) is 0 Å². The quantitative estimate of drug-likeness (QED) is 0.102. The zero-order valence-corrected chi connectivity index (χ0v) is 18.8. The van der Waals surface area contributed by atoms with Gasteiger partial charge in [-0.05, 0) is 19.4 Å². The number of hydrogen-bond donors (Lipinski definition) is 1. The zero-order chi connectivity index (χ0) is 20.5. The molecule has 0 aliphatic rings. The second-order valence-corrected chi connectivity index (χ2v) is 8.62. The lowest BCUT2D eigenvalue weighted by atomic mass is 10.0. The lowest BCUT2D eigenvalue weighted by Gasteiger charge is -2.04. The molecule has 0 aliphatic heterocycles. The van der Waals surface area contributed by atoms with Crippen LogP contribution in [-0.2, 0) is 0 Å². The van der Waals surface area contributed by atoms with E-state index in [2.05, 4.69) is 0 Å². The zero-order valence-electron chi connectivity index (χ0n) is 18.8. The number of nitrogens with zero attached hydrogens (tertiary/aromatic N) is 1. The molecule has 0 aliphatic carbocycles. The van der Waals surface area contributed by atoms with Gasteiger partial charge in [0.1, 0.15) is 0 Å². The molecule has 0 fully saturated rings. The maximum Gasteiger partial charge on any atom is 0.203 e. The Morgan fingerprint density at radius 1 is 0.429 bits per heavy atom. The monoisotopic (exact) mass is 398 g/mol.